The first-order valence-corrected chi connectivity index (χ1v) is 19.4. The summed E-state index contributed by atoms with van der Waals surface area (Å²) >= 11 is 0. The van der Waals surface area contributed by atoms with Gasteiger partial charge in [0.15, 0.2) is 22.9 Å². The van der Waals surface area contributed by atoms with Crippen molar-refractivity contribution in [2.75, 3.05) is 18.1 Å². The average molecular weight is 771 g/mol. The Morgan fingerprint density at radius 3 is 2.04 bits per heavy atom. The molecule has 0 radical (unpaired) electrons. The van der Waals surface area contributed by atoms with Gasteiger partial charge in [0.25, 0.3) is 0 Å². The molecule has 0 bridgehead atoms. The number of nitrogens with zero attached hydrogens (tertiary/aromatic N) is 8. The third kappa shape index (κ3) is 7.49. The minimum atomic E-state index is -5.12. The summed E-state index contributed by atoms with van der Waals surface area (Å²) in [5, 5.41) is 10.7. The Morgan fingerprint density at radius 2 is 1.45 bits per heavy atom. The fraction of sp³-hybridized carbons (Fsp3) is 0.360. The highest BCUT2D eigenvalue weighted by Gasteiger charge is 2.58. The van der Waals surface area contributed by atoms with Crippen LogP contribution in [0, 0.1) is 0 Å². The summed E-state index contributed by atoms with van der Waals surface area (Å²) in [7, 11) is -15.0. The van der Waals surface area contributed by atoms with E-state index in [1.54, 1.807) is 6.07 Å². The van der Waals surface area contributed by atoms with Gasteiger partial charge in [-0.05, 0) is 12.1 Å². The molecule has 2 unspecified atom stereocenters. The zero-order valence-corrected chi connectivity index (χ0v) is 28.5. The number of hydrogen-bond donors (Lipinski definition) is 7. The molecule has 23 nitrogen and oxygen atoms in total. The summed E-state index contributed by atoms with van der Waals surface area (Å²) in [6.45, 7) is -0.779. The van der Waals surface area contributed by atoms with E-state index in [4.69, 9.17) is 38.8 Å². The molecule has 1 aromatic carbocycles. The van der Waals surface area contributed by atoms with E-state index < -0.39 is 67.3 Å². The lowest BCUT2D eigenvalue weighted by Crippen LogP contribution is -2.31. The second kappa shape index (κ2) is 13.7. The second-order valence-corrected chi connectivity index (χ2v) is 16.0. The third-order valence-electron chi connectivity index (χ3n) is 7.83. The van der Waals surface area contributed by atoms with Crippen LogP contribution >= 0.6 is 23.6 Å². The molecule has 2 saturated heterocycles. The SMILES string of the molecule is Nc1ncnc2c1ncn2[C@H]1C[C@H](O)[C@@H](O[P+](O)(OC[C@H]2O[C@@H](n3cnc4c(N)ncnc43)C[C@@H]2OP(=O)(O)O)OP(=O)(O)c2ccccc2)O1. The number of nitrogens with two attached hydrogens (primary N) is 2. The Bertz CT molecular complexity index is 2140. The lowest BCUT2D eigenvalue weighted by Gasteiger charge is -2.23. The fourth-order valence-electron chi connectivity index (χ4n) is 5.54. The van der Waals surface area contributed by atoms with E-state index >= 15 is 0 Å². The highest BCUT2D eigenvalue weighted by molar-refractivity contribution is 7.71. The number of phosphoric acid groups is 1. The number of aliphatic hydroxyl groups excluding tert-OH is 1. The number of imidazole rings is 2. The van der Waals surface area contributed by atoms with Crippen LogP contribution in [0.15, 0.2) is 55.6 Å². The van der Waals surface area contributed by atoms with E-state index in [1.165, 1.54) is 58.7 Å². The first kappa shape index (κ1) is 35.8. The number of aliphatic hydroxyl groups is 1. The van der Waals surface area contributed by atoms with Crippen molar-refractivity contribution in [1.82, 2.24) is 39.0 Å². The molecule has 8 atom stereocenters. The maximum absolute atomic E-state index is 13.4. The van der Waals surface area contributed by atoms with Gasteiger partial charge in [0.2, 0.25) is 6.29 Å². The average Bonchev–Trinajstić information content (AvgIpc) is 3.86. The summed E-state index contributed by atoms with van der Waals surface area (Å²) in [5.41, 5.74) is 12.8. The lowest BCUT2D eigenvalue weighted by molar-refractivity contribution is -0.142. The largest absolute Gasteiger partial charge is 0.584 e. The highest BCUT2D eigenvalue weighted by Crippen LogP contribution is 2.69. The molecule has 5 aromatic rings. The number of fused-ring (bicyclic) bond motifs is 2. The molecule has 272 valence electrons. The van der Waals surface area contributed by atoms with Gasteiger partial charge in [-0.3, -0.25) is 18.2 Å². The molecule has 0 aliphatic carbocycles. The zero-order valence-electron chi connectivity index (χ0n) is 25.9. The van der Waals surface area contributed by atoms with Gasteiger partial charge < -0.3 is 40.7 Å². The van der Waals surface area contributed by atoms with Crippen LogP contribution in [-0.4, -0.2) is 94.9 Å². The normalized spacial score (nSPS) is 26.5. The monoisotopic (exact) mass is 771 g/mol. The minimum absolute atomic E-state index is 0.0767. The Labute approximate surface area is 286 Å². The summed E-state index contributed by atoms with van der Waals surface area (Å²) in [6, 6.07) is 7.02. The van der Waals surface area contributed by atoms with Crippen molar-refractivity contribution < 1.29 is 61.2 Å². The van der Waals surface area contributed by atoms with Gasteiger partial charge in [-0.1, -0.05) is 22.5 Å². The number of aromatic nitrogens is 8. The van der Waals surface area contributed by atoms with Crippen LogP contribution in [0.3, 0.4) is 0 Å². The van der Waals surface area contributed by atoms with Crippen molar-refractivity contribution in [2.24, 2.45) is 0 Å². The number of nitrogen functional groups attached to an aromatic ring is 2. The van der Waals surface area contributed by atoms with Crippen molar-refractivity contribution in [2.45, 2.75) is 49.9 Å². The minimum Gasteiger partial charge on any atom is -0.387 e. The van der Waals surface area contributed by atoms with E-state index in [2.05, 4.69) is 29.9 Å². The molecule has 0 saturated carbocycles. The number of ether oxygens (including phenoxy) is 2. The Hall–Kier alpha value is -3.63. The van der Waals surface area contributed by atoms with Crippen molar-refractivity contribution in [3.05, 3.63) is 55.6 Å². The van der Waals surface area contributed by atoms with Gasteiger partial charge in [-0.2, -0.15) is 9.42 Å². The smallest absolute Gasteiger partial charge is 0.387 e. The number of phosphoric ester groups is 1. The van der Waals surface area contributed by atoms with Crippen molar-refractivity contribution in [3.63, 3.8) is 0 Å². The topological polar surface area (TPSA) is 330 Å². The predicted molar refractivity (Wildman–Crippen MR) is 173 cm³/mol. The van der Waals surface area contributed by atoms with Crippen LogP contribution in [0.1, 0.15) is 25.3 Å². The molecule has 2 aliphatic heterocycles. The summed E-state index contributed by atoms with van der Waals surface area (Å²) in [5.74, 6) is 0.177. The van der Waals surface area contributed by atoms with E-state index in [1.807, 2.05) is 0 Å². The quantitative estimate of drug-likeness (QED) is 0.0846. The van der Waals surface area contributed by atoms with Crippen LogP contribution < -0.4 is 16.8 Å². The summed E-state index contributed by atoms with van der Waals surface area (Å²) in [6.07, 6.45) is -3.12. The van der Waals surface area contributed by atoms with Gasteiger partial charge in [0, 0.05) is 12.8 Å². The van der Waals surface area contributed by atoms with Gasteiger partial charge >= 0.3 is 23.6 Å². The molecule has 6 heterocycles. The molecular weight excluding hydrogens is 741 g/mol. The van der Waals surface area contributed by atoms with Gasteiger partial charge in [0.1, 0.15) is 61.1 Å². The first-order chi connectivity index (χ1) is 24.2. The Morgan fingerprint density at radius 1 is 0.863 bits per heavy atom. The molecule has 2 fully saturated rings. The lowest BCUT2D eigenvalue weighted by atomic mass is 10.2. The van der Waals surface area contributed by atoms with Crippen LogP contribution in [-0.2, 0) is 36.5 Å². The first-order valence-electron chi connectivity index (χ1n) is 14.8. The van der Waals surface area contributed by atoms with Gasteiger partial charge in [-0.25, -0.2) is 34.5 Å². The standard InChI is InChI=1S/C25H29N10O13P3/c26-21-19-23(30-9-28-21)34(11-32-19)17-6-14(36)25(45-17)47-51(42,48-49(37,38)13-4-2-1-3-5-13)43-8-16-15(46-50(39,40)41)7-18(44-16)35-12-33-20-22(27)29-10-31-24(20)35/h1-5,9-12,14-18,25,36,42H,6-8H2,(H6-,26,27,28,29,30,31,37,38,39,40,41)/p+1/t14-,15-,16+,17+,18+,25+,51?/m0/s1. The third-order valence-corrected chi connectivity index (χ3v) is 12.0. The molecular formula is C25H30N10O13P3+. The fourth-order valence-corrected chi connectivity index (χ4v) is 9.35. The molecule has 9 N–H and O–H groups in total. The van der Waals surface area contributed by atoms with Crippen LogP contribution in [0.2, 0.25) is 0 Å². The van der Waals surface area contributed by atoms with Crippen LogP contribution in [0.25, 0.3) is 22.3 Å². The van der Waals surface area contributed by atoms with Gasteiger partial charge in [0.05, 0.1) is 18.0 Å². The number of anilines is 2. The Kier molecular flexibility index (Phi) is 9.63. The van der Waals surface area contributed by atoms with Crippen molar-refractivity contribution in [3.8, 4) is 0 Å². The zero-order chi connectivity index (χ0) is 36.1. The van der Waals surface area contributed by atoms with Crippen molar-refractivity contribution in [1.29, 1.82) is 0 Å². The van der Waals surface area contributed by atoms with E-state index in [9.17, 15) is 33.8 Å². The van der Waals surface area contributed by atoms with Crippen LogP contribution in [0.5, 0.6) is 0 Å². The van der Waals surface area contributed by atoms with E-state index in [0.717, 1.165) is 0 Å². The number of benzene rings is 1. The Balaban J connectivity index is 1.15. The summed E-state index contributed by atoms with van der Waals surface area (Å²) < 4.78 is 61.6. The van der Waals surface area contributed by atoms with Crippen molar-refractivity contribution >= 4 is 62.9 Å². The van der Waals surface area contributed by atoms with E-state index in [-0.39, 0.29) is 52.1 Å². The highest BCUT2D eigenvalue weighted by atomic mass is 31.3. The molecule has 26 heteroatoms. The maximum Gasteiger partial charge on any atom is 0.584 e. The van der Waals surface area contributed by atoms with Gasteiger partial charge in [-0.15, -0.1) is 4.52 Å². The molecule has 0 spiro atoms. The number of hydrogen-bond acceptors (Lipinski definition) is 18. The maximum atomic E-state index is 13.4. The van der Waals surface area contributed by atoms with E-state index in [0.29, 0.717) is 0 Å². The second-order valence-electron chi connectivity index (χ2n) is 11.2. The summed E-state index contributed by atoms with van der Waals surface area (Å²) in [4.78, 5) is 66.3. The van der Waals surface area contributed by atoms with Crippen LogP contribution in [0.4, 0.5) is 11.6 Å². The number of rotatable bonds is 12. The molecule has 7 rings (SSSR count). The molecule has 2 aliphatic rings. The molecule has 51 heavy (non-hydrogen) atoms. The molecule has 4 aromatic heterocycles. The predicted octanol–water partition coefficient (Wildman–Crippen LogP) is 0.432. The molecule has 0 amide bonds.